The van der Waals surface area contributed by atoms with Crippen LogP contribution in [0.4, 0.5) is 5.00 Å². The second-order valence-corrected chi connectivity index (χ2v) is 7.64. The van der Waals surface area contributed by atoms with Gasteiger partial charge in [0.15, 0.2) is 0 Å². The minimum atomic E-state index is -0.365. The van der Waals surface area contributed by atoms with Crippen molar-refractivity contribution in [1.82, 2.24) is 0 Å². The summed E-state index contributed by atoms with van der Waals surface area (Å²) in [4.78, 5) is 26.3. The predicted octanol–water partition coefficient (Wildman–Crippen LogP) is 4.67. The topological polar surface area (TPSA) is 55.4 Å². The summed E-state index contributed by atoms with van der Waals surface area (Å²) >= 11 is 1.52. The number of fused-ring (bicyclic) bond motifs is 1. The molecule has 5 heteroatoms. The maximum Gasteiger partial charge on any atom is 0.341 e. The molecule has 2 aromatic rings. The fraction of sp³-hybridized carbons (Fsp3) is 0.400. The first-order valence-electron chi connectivity index (χ1n) is 8.62. The van der Waals surface area contributed by atoms with Crippen LogP contribution in [0.2, 0.25) is 0 Å². The standard InChI is InChI=1S/C20H23NO3S/c1-12-9-10-14(13(2)11-12)18(22)21-19-17(20(23)24-3)15-7-5-4-6-8-16(15)25-19/h9-11H,4-8H2,1-3H3,(H,21,22). The molecule has 1 aliphatic carbocycles. The highest BCUT2D eigenvalue weighted by Crippen LogP contribution is 2.38. The van der Waals surface area contributed by atoms with E-state index in [2.05, 4.69) is 5.32 Å². The van der Waals surface area contributed by atoms with Crippen molar-refractivity contribution < 1.29 is 14.3 Å². The van der Waals surface area contributed by atoms with Crippen LogP contribution in [0, 0.1) is 13.8 Å². The SMILES string of the molecule is COC(=O)c1c(NC(=O)c2ccc(C)cc2C)sc2c1CCCCC2. The number of rotatable bonds is 3. The summed E-state index contributed by atoms with van der Waals surface area (Å²) in [5.74, 6) is -0.547. The molecule has 132 valence electrons. The van der Waals surface area contributed by atoms with Gasteiger partial charge in [0.2, 0.25) is 0 Å². The fourth-order valence-corrected chi connectivity index (χ4v) is 4.66. The number of hydrogen-bond acceptors (Lipinski definition) is 4. The van der Waals surface area contributed by atoms with Gasteiger partial charge in [-0.25, -0.2) is 4.79 Å². The molecule has 3 rings (SSSR count). The van der Waals surface area contributed by atoms with Crippen molar-refractivity contribution in [2.45, 2.75) is 46.0 Å². The number of esters is 1. The van der Waals surface area contributed by atoms with Gasteiger partial charge in [-0.3, -0.25) is 4.79 Å². The number of ether oxygens (including phenoxy) is 1. The number of carbonyl (C=O) groups is 2. The average Bonchev–Trinajstić information content (AvgIpc) is 2.75. The quantitative estimate of drug-likeness (QED) is 0.641. The number of amides is 1. The average molecular weight is 357 g/mol. The van der Waals surface area contributed by atoms with Gasteiger partial charge in [-0.1, -0.05) is 24.1 Å². The molecule has 1 amide bonds. The summed E-state index contributed by atoms with van der Waals surface area (Å²) in [6.45, 7) is 3.92. The van der Waals surface area contributed by atoms with Gasteiger partial charge in [-0.05, 0) is 56.7 Å². The van der Waals surface area contributed by atoms with E-state index < -0.39 is 0 Å². The number of thiophene rings is 1. The molecule has 0 bridgehead atoms. The van der Waals surface area contributed by atoms with Crippen LogP contribution in [0.3, 0.4) is 0 Å². The molecule has 4 nitrogen and oxygen atoms in total. The highest BCUT2D eigenvalue weighted by molar-refractivity contribution is 7.17. The predicted molar refractivity (Wildman–Crippen MR) is 101 cm³/mol. The lowest BCUT2D eigenvalue weighted by Crippen LogP contribution is -2.15. The van der Waals surface area contributed by atoms with Gasteiger partial charge in [0, 0.05) is 10.4 Å². The molecule has 0 fully saturated rings. The summed E-state index contributed by atoms with van der Waals surface area (Å²) in [7, 11) is 1.39. The van der Waals surface area contributed by atoms with Crippen LogP contribution in [0.15, 0.2) is 18.2 Å². The van der Waals surface area contributed by atoms with Gasteiger partial charge >= 0.3 is 5.97 Å². The van der Waals surface area contributed by atoms with Crippen LogP contribution in [-0.2, 0) is 17.6 Å². The molecule has 0 spiro atoms. The molecule has 1 aromatic carbocycles. The molecular weight excluding hydrogens is 334 g/mol. The molecule has 0 saturated carbocycles. The van der Waals surface area contributed by atoms with Crippen LogP contribution in [0.1, 0.15) is 61.5 Å². The molecule has 0 radical (unpaired) electrons. The van der Waals surface area contributed by atoms with E-state index in [1.807, 2.05) is 32.0 Å². The second-order valence-electron chi connectivity index (χ2n) is 6.53. The van der Waals surface area contributed by atoms with Crippen molar-refractivity contribution in [3.05, 3.63) is 50.9 Å². The Labute approximate surface area is 152 Å². The number of methoxy groups -OCH3 is 1. The van der Waals surface area contributed by atoms with Gasteiger partial charge in [0.25, 0.3) is 5.91 Å². The maximum atomic E-state index is 12.7. The van der Waals surface area contributed by atoms with Gasteiger partial charge < -0.3 is 10.1 Å². The number of hydrogen-bond donors (Lipinski definition) is 1. The number of benzene rings is 1. The first-order chi connectivity index (χ1) is 12.0. The van der Waals surface area contributed by atoms with Gasteiger partial charge in [-0.15, -0.1) is 11.3 Å². The molecule has 1 aromatic heterocycles. The van der Waals surface area contributed by atoms with Crippen molar-refractivity contribution in [2.24, 2.45) is 0 Å². The Hall–Kier alpha value is -2.14. The summed E-state index contributed by atoms with van der Waals surface area (Å²) < 4.78 is 4.99. The minimum absolute atomic E-state index is 0.181. The highest BCUT2D eigenvalue weighted by Gasteiger charge is 2.26. The Bertz CT molecular complexity index is 823. The Morgan fingerprint density at radius 1 is 1.12 bits per heavy atom. The van der Waals surface area contributed by atoms with Crippen molar-refractivity contribution in [1.29, 1.82) is 0 Å². The van der Waals surface area contributed by atoms with E-state index in [4.69, 9.17) is 4.74 Å². The summed E-state index contributed by atoms with van der Waals surface area (Å²) in [6, 6.07) is 5.74. The Kier molecular flexibility index (Phi) is 5.23. The van der Waals surface area contributed by atoms with Gasteiger partial charge in [-0.2, -0.15) is 0 Å². The molecular formula is C20H23NO3S. The zero-order valence-electron chi connectivity index (χ0n) is 14.9. The number of carbonyl (C=O) groups excluding carboxylic acids is 2. The van der Waals surface area contributed by atoms with Gasteiger partial charge in [0.05, 0.1) is 12.7 Å². The molecule has 0 aliphatic heterocycles. The minimum Gasteiger partial charge on any atom is -0.465 e. The van der Waals surface area contributed by atoms with Crippen molar-refractivity contribution >= 4 is 28.2 Å². The largest absolute Gasteiger partial charge is 0.465 e. The number of anilines is 1. The molecule has 1 aliphatic rings. The van der Waals surface area contributed by atoms with E-state index in [-0.39, 0.29) is 11.9 Å². The third-order valence-corrected chi connectivity index (χ3v) is 5.87. The first kappa shape index (κ1) is 17.7. The van der Waals surface area contributed by atoms with Crippen molar-refractivity contribution in [3.8, 4) is 0 Å². The molecule has 25 heavy (non-hydrogen) atoms. The number of nitrogens with one attached hydrogen (secondary N) is 1. The smallest absolute Gasteiger partial charge is 0.341 e. The molecule has 0 saturated heterocycles. The van der Waals surface area contributed by atoms with E-state index in [1.165, 1.54) is 29.7 Å². The monoisotopic (exact) mass is 357 g/mol. The zero-order chi connectivity index (χ0) is 18.0. The van der Waals surface area contributed by atoms with E-state index in [1.54, 1.807) is 0 Å². The number of aryl methyl sites for hydroxylation is 3. The third kappa shape index (κ3) is 3.61. The maximum absolute atomic E-state index is 12.7. The van der Waals surface area contributed by atoms with Crippen LogP contribution in [0.25, 0.3) is 0 Å². The van der Waals surface area contributed by atoms with Crippen molar-refractivity contribution in [2.75, 3.05) is 12.4 Å². The van der Waals surface area contributed by atoms with E-state index in [0.717, 1.165) is 42.4 Å². The lowest BCUT2D eigenvalue weighted by Gasteiger charge is -2.09. The van der Waals surface area contributed by atoms with Crippen LogP contribution < -0.4 is 5.32 Å². The zero-order valence-corrected chi connectivity index (χ0v) is 15.7. The molecule has 1 heterocycles. The van der Waals surface area contributed by atoms with Crippen LogP contribution in [0.5, 0.6) is 0 Å². The highest BCUT2D eigenvalue weighted by atomic mass is 32.1. The van der Waals surface area contributed by atoms with E-state index >= 15 is 0 Å². The second kappa shape index (κ2) is 7.40. The molecule has 1 N–H and O–H groups in total. The first-order valence-corrected chi connectivity index (χ1v) is 9.44. The Balaban J connectivity index is 1.96. The van der Waals surface area contributed by atoms with Crippen molar-refractivity contribution in [3.63, 3.8) is 0 Å². The van der Waals surface area contributed by atoms with E-state index in [0.29, 0.717) is 16.1 Å². The lowest BCUT2D eigenvalue weighted by molar-refractivity contribution is 0.0601. The molecule has 0 atom stereocenters. The van der Waals surface area contributed by atoms with Gasteiger partial charge in [0.1, 0.15) is 5.00 Å². The summed E-state index contributed by atoms with van der Waals surface area (Å²) in [5.41, 5.74) is 4.28. The third-order valence-electron chi connectivity index (χ3n) is 4.66. The van der Waals surface area contributed by atoms with Crippen LogP contribution in [-0.4, -0.2) is 19.0 Å². The summed E-state index contributed by atoms with van der Waals surface area (Å²) in [6.07, 6.45) is 5.20. The Morgan fingerprint density at radius 2 is 1.88 bits per heavy atom. The fourth-order valence-electron chi connectivity index (χ4n) is 3.39. The lowest BCUT2D eigenvalue weighted by atomic mass is 10.0. The summed E-state index contributed by atoms with van der Waals surface area (Å²) in [5, 5.41) is 3.57. The normalized spacial score (nSPS) is 13.7. The van der Waals surface area contributed by atoms with Crippen LogP contribution >= 0.6 is 11.3 Å². The van der Waals surface area contributed by atoms with E-state index in [9.17, 15) is 9.59 Å². The molecule has 0 unspecified atom stereocenters. The Morgan fingerprint density at radius 3 is 2.60 bits per heavy atom.